The van der Waals surface area contributed by atoms with Crippen LogP contribution in [0.2, 0.25) is 0 Å². The summed E-state index contributed by atoms with van der Waals surface area (Å²) in [4.78, 5) is 12.5. The van der Waals surface area contributed by atoms with Crippen molar-refractivity contribution in [2.45, 2.75) is 65.1 Å². The van der Waals surface area contributed by atoms with Gasteiger partial charge in [0, 0.05) is 24.2 Å². The molecule has 6 nitrogen and oxygen atoms in total. The largest absolute Gasteiger partial charge is 0.348 e. The molecule has 0 radical (unpaired) electrons. The standard InChI is InChI=1S/C17H22BrF2N5O/c1-4-24-7-12(10(3)22-24)9(2)21-13(26)8-25-16(11-5-6-11)14(18)15(23-25)17(19)20/h7,9,11,17H,4-6,8H2,1-3H3,(H,21,26). The minimum absolute atomic E-state index is 0.0809. The highest BCUT2D eigenvalue weighted by molar-refractivity contribution is 9.10. The van der Waals surface area contributed by atoms with Crippen LogP contribution < -0.4 is 5.32 Å². The smallest absolute Gasteiger partial charge is 0.283 e. The van der Waals surface area contributed by atoms with Gasteiger partial charge in [0.05, 0.1) is 21.9 Å². The zero-order chi connectivity index (χ0) is 19.0. The Bertz CT molecular complexity index is 812. The third-order valence-corrected chi connectivity index (χ3v) is 5.39. The number of carbonyl (C=O) groups excluding carboxylic acids is 1. The number of hydrogen-bond donors (Lipinski definition) is 1. The number of alkyl halides is 2. The Morgan fingerprint density at radius 2 is 2.12 bits per heavy atom. The lowest BCUT2D eigenvalue weighted by Gasteiger charge is -2.14. The number of amides is 1. The van der Waals surface area contributed by atoms with Crippen LogP contribution in [0.4, 0.5) is 8.78 Å². The van der Waals surface area contributed by atoms with Gasteiger partial charge in [-0.05, 0) is 49.5 Å². The quantitative estimate of drug-likeness (QED) is 0.726. The first kappa shape index (κ1) is 19.0. The average Bonchev–Trinajstić information content (AvgIpc) is 3.24. The third-order valence-electron chi connectivity index (χ3n) is 4.57. The summed E-state index contributed by atoms with van der Waals surface area (Å²) in [5.41, 5.74) is 2.20. The molecule has 2 aromatic heterocycles. The highest BCUT2D eigenvalue weighted by Crippen LogP contribution is 2.45. The van der Waals surface area contributed by atoms with E-state index < -0.39 is 6.43 Å². The maximum Gasteiger partial charge on any atom is 0.283 e. The molecule has 0 saturated heterocycles. The zero-order valence-electron chi connectivity index (χ0n) is 15.0. The van der Waals surface area contributed by atoms with E-state index in [2.05, 4.69) is 31.4 Å². The van der Waals surface area contributed by atoms with E-state index in [1.165, 1.54) is 4.68 Å². The van der Waals surface area contributed by atoms with Crippen molar-refractivity contribution in [3.63, 3.8) is 0 Å². The van der Waals surface area contributed by atoms with Crippen LogP contribution in [-0.4, -0.2) is 25.5 Å². The molecule has 1 aliphatic rings. The van der Waals surface area contributed by atoms with Gasteiger partial charge in [0.1, 0.15) is 12.2 Å². The molecule has 0 aliphatic heterocycles. The molecule has 9 heteroatoms. The summed E-state index contributed by atoms with van der Waals surface area (Å²) in [5, 5.41) is 11.3. The Balaban J connectivity index is 1.73. The summed E-state index contributed by atoms with van der Waals surface area (Å²) >= 11 is 3.23. The Hall–Kier alpha value is -1.77. The number of hydrogen-bond acceptors (Lipinski definition) is 3. The Labute approximate surface area is 159 Å². The summed E-state index contributed by atoms with van der Waals surface area (Å²) in [6, 6.07) is -0.222. The molecule has 0 aromatic carbocycles. The second kappa shape index (κ2) is 7.46. The number of aromatic nitrogens is 4. The summed E-state index contributed by atoms with van der Waals surface area (Å²) in [7, 11) is 0. The zero-order valence-corrected chi connectivity index (χ0v) is 16.6. The molecule has 2 aromatic rings. The average molecular weight is 430 g/mol. The van der Waals surface area contributed by atoms with Crippen molar-refractivity contribution in [1.82, 2.24) is 24.9 Å². The molecule has 1 unspecified atom stereocenters. The number of aryl methyl sites for hydroxylation is 2. The van der Waals surface area contributed by atoms with Crippen molar-refractivity contribution in [2.75, 3.05) is 0 Å². The van der Waals surface area contributed by atoms with Gasteiger partial charge in [-0.1, -0.05) is 0 Å². The molecule has 1 amide bonds. The monoisotopic (exact) mass is 429 g/mol. The van der Waals surface area contributed by atoms with Gasteiger partial charge in [-0.15, -0.1) is 0 Å². The summed E-state index contributed by atoms with van der Waals surface area (Å²) in [6.07, 6.45) is 1.10. The van der Waals surface area contributed by atoms with E-state index in [1.54, 1.807) is 0 Å². The SMILES string of the molecule is CCn1cc(C(C)NC(=O)Cn2nc(C(F)F)c(Br)c2C2CC2)c(C)n1. The van der Waals surface area contributed by atoms with Crippen molar-refractivity contribution in [3.8, 4) is 0 Å². The predicted molar refractivity (Wildman–Crippen MR) is 96.1 cm³/mol. The Kier molecular flexibility index (Phi) is 5.45. The fourth-order valence-electron chi connectivity index (χ4n) is 3.10. The normalized spacial score (nSPS) is 15.5. The second-order valence-corrected chi connectivity index (χ2v) is 7.42. The fourth-order valence-corrected chi connectivity index (χ4v) is 3.88. The molecule has 0 bridgehead atoms. The van der Waals surface area contributed by atoms with Gasteiger partial charge >= 0.3 is 0 Å². The van der Waals surface area contributed by atoms with Crippen molar-refractivity contribution in [1.29, 1.82) is 0 Å². The minimum Gasteiger partial charge on any atom is -0.348 e. The van der Waals surface area contributed by atoms with Gasteiger partial charge in [-0.2, -0.15) is 10.2 Å². The molecular weight excluding hydrogens is 408 g/mol. The van der Waals surface area contributed by atoms with Crippen LogP contribution in [0.1, 0.15) is 67.7 Å². The first-order chi connectivity index (χ1) is 12.3. The lowest BCUT2D eigenvalue weighted by Crippen LogP contribution is -2.31. The molecular formula is C17H22BrF2N5O. The predicted octanol–water partition coefficient (Wildman–Crippen LogP) is 3.86. The lowest BCUT2D eigenvalue weighted by molar-refractivity contribution is -0.122. The van der Waals surface area contributed by atoms with Gasteiger partial charge in [-0.25, -0.2) is 8.78 Å². The summed E-state index contributed by atoms with van der Waals surface area (Å²) < 4.78 is 29.8. The maximum absolute atomic E-state index is 13.1. The lowest BCUT2D eigenvalue weighted by atomic mass is 10.1. The van der Waals surface area contributed by atoms with Crippen molar-refractivity contribution in [3.05, 3.63) is 33.3 Å². The first-order valence-electron chi connectivity index (χ1n) is 8.69. The van der Waals surface area contributed by atoms with Gasteiger partial charge in [0.15, 0.2) is 0 Å². The summed E-state index contributed by atoms with van der Waals surface area (Å²) in [5.74, 6) is -0.0708. The van der Waals surface area contributed by atoms with Gasteiger partial charge in [0.2, 0.25) is 5.91 Å². The van der Waals surface area contributed by atoms with E-state index in [0.717, 1.165) is 30.6 Å². The van der Waals surface area contributed by atoms with Crippen molar-refractivity contribution in [2.24, 2.45) is 0 Å². The molecule has 2 heterocycles. The Morgan fingerprint density at radius 3 is 2.65 bits per heavy atom. The molecule has 1 N–H and O–H groups in total. The molecule has 1 saturated carbocycles. The number of carbonyl (C=O) groups is 1. The first-order valence-corrected chi connectivity index (χ1v) is 9.48. The molecule has 1 aliphatic carbocycles. The topological polar surface area (TPSA) is 64.7 Å². The van der Waals surface area contributed by atoms with Crippen LogP contribution in [0.5, 0.6) is 0 Å². The molecule has 26 heavy (non-hydrogen) atoms. The molecule has 3 rings (SSSR count). The van der Waals surface area contributed by atoms with Gasteiger partial charge in [0.25, 0.3) is 6.43 Å². The van der Waals surface area contributed by atoms with E-state index >= 15 is 0 Å². The molecule has 1 atom stereocenters. The second-order valence-electron chi connectivity index (χ2n) is 6.63. The van der Waals surface area contributed by atoms with E-state index in [0.29, 0.717) is 10.2 Å². The number of nitrogens with zero attached hydrogens (tertiary/aromatic N) is 4. The van der Waals surface area contributed by atoms with Gasteiger partial charge in [-0.3, -0.25) is 14.2 Å². The molecule has 1 fully saturated rings. The van der Waals surface area contributed by atoms with Crippen molar-refractivity contribution < 1.29 is 13.6 Å². The molecule has 0 spiro atoms. The minimum atomic E-state index is -2.67. The van der Waals surface area contributed by atoms with Crippen LogP contribution in [-0.2, 0) is 17.9 Å². The summed E-state index contributed by atoms with van der Waals surface area (Å²) in [6.45, 7) is 6.45. The third kappa shape index (κ3) is 3.82. The number of halogens is 3. The number of rotatable bonds is 7. The van der Waals surface area contributed by atoms with E-state index in [-0.39, 0.29) is 30.1 Å². The van der Waals surface area contributed by atoms with Crippen molar-refractivity contribution >= 4 is 21.8 Å². The van der Waals surface area contributed by atoms with E-state index in [9.17, 15) is 13.6 Å². The number of nitrogens with one attached hydrogen (secondary N) is 1. The Morgan fingerprint density at radius 1 is 1.42 bits per heavy atom. The fraction of sp³-hybridized carbons (Fsp3) is 0.588. The van der Waals surface area contributed by atoms with Crippen LogP contribution >= 0.6 is 15.9 Å². The van der Waals surface area contributed by atoms with Crippen LogP contribution in [0.15, 0.2) is 10.7 Å². The highest BCUT2D eigenvalue weighted by Gasteiger charge is 2.34. The van der Waals surface area contributed by atoms with Crippen LogP contribution in [0.25, 0.3) is 0 Å². The van der Waals surface area contributed by atoms with Crippen LogP contribution in [0.3, 0.4) is 0 Å². The van der Waals surface area contributed by atoms with E-state index in [1.807, 2.05) is 31.6 Å². The molecule has 142 valence electrons. The maximum atomic E-state index is 13.1. The van der Waals surface area contributed by atoms with E-state index in [4.69, 9.17) is 0 Å². The van der Waals surface area contributed by atoms with Crippen LogP contribution in [0, 0.1) is 6.92 Å². The highest BCUT2D eigenvalue weighted by atomic mass is 79.9. The van der Waals surface area contributed by atoms with Gasteiger partial charge < -0.3 is 5.32 Å².